The fourth-order valence-electron chi connectivity index (χ4n) is 5.12. The maximum Gasteiger partial charge on any atom is 0.309 e. The quantitative estimate of drug-likeness (QED) is 0.452. The van der Waals surface area contributed by atoms with Gasteiger partial charge >= 0.3 is 5.97 Å². The fraction of sp³-hybridized carbons (Fsp3) is 0.741. The molecule has 2 fully saturated rings. The van der Waals surface area contributed by atoms with Crippen molar-refractivity contribution < 1.29 is 29.3 Å². The van der Waals surface area contributed by atoms with Crippen LogP contribution in [0.1, 0.15) is 79.3 Å². The highest BCUT2D eigenvalue weighted by Gasteiger charge is 2.53. The molecule has 7 atom stereocenters. The van der Waals surface area contributed by atoms with Crippen LogP contribution in [0.3, 0.4) is 0 Å². The van der Waals surface area contributed by atoms with Gasteiger partial charge in [0, 0.05) is 24.8 Å². The number of aliphatic hydroxyl groups is 2. The van der Waals surface area contributed by atoms with Gasteiger partial charge in [-0.1, -0.05) is 34.1 Å². The molecule has 2 saturated heterocycles. The lowest BCUT2D eigenvalue weighted by atomic mass is 9.73. The van der Waals surface area contributed by atoms with Crippen LogP contribution in [-0.4, -0.2) is 67.4 Å². The highest BCUT2D eigenvalue weighted by molar-refractivity contribution is 7.97. The molecule has 36 heavy (non-hydrogen) atoms. The first-order valence-electron chi connectivity index (χ1n) is 12.8. The standard InChI is InChI=1S/C27H42N2O6S/c1-16-9-8-11-27(6)22(35-27)14-20(17(2)13-19-10-12-29(28-19)36-7)34-23(31)15-21(30)26(4,5)25(33)18(3)24(16)32/h10,12-13,16,18,20-22,24,30,32H,8-9,11,14-15H2,1-7H3/t16-,18+,20-,21-,22-,24-,27+/m0/s1. The van der Waals surface area contributed by atoms with E-state index >= 15 is 0 Å². The molecule has 9 heteroatoms. The Morgan fingerprint density at radius 2 is 1.94 bits per heavy atom. The Labute approximate surface area is 218 Å². The molecule has 2 aliphatic heterocycles. The summed E-state index contributed by atoms with van der Waals surface area (Å²) in [4.78, 5) is 26.2. The lowest BCUT2D eigenvalue weighted by Crippen LogP contribution is -2.45. The van der Waals surface area contributed by atoms with Gasteiger partial charge in [0.25, 0.3) is 0 Å². The molecule has 0 amide bonds. The largest absolute Gasteiger partial charge is 0.458 e. The van der Waals surface area contributed by atoms with Gasteiger partial charge in [0.1, 0.15) is 11.9 Å². The monoisotopic (exact) mass is 522 g/mol. The molecule has 2 N–H and O–H groups in total. The molecule has 0 spiro atoms. The molecule has 0 unspecified atom stereocenters. The average Bonchev–Trinajstić information content (AvgIpc) is 3.23. The molecular weight excluding hydrogens is 480 g/mol. The van der Waals surface area contributed by atoms with Gasteiger partial charge in [0.15, 0.2) is 0 Å². The van der Waals surface area contributed by atoms with E-state index in [4.69, 9.17) is 9.47 Å². The van der Waals surface area contributed by atoms with Crippen LogP contribution in [0.5, 0.6) is 0 Å². The van der Waals surface area contributed by atoms with Crippen molar-refractivity contribution in [2.24, 2.45) is 17.3 Å². The SMILES string of the molecule is CSn1ccc(C=C(C)[C@@H]2C[C@@H]3O[C@]3(C)CCC[C@H](C)[C@H](O)[C@@H](C)C(=O)C(C)(C)[C@@H](O)CC(=O)O2)n1. The number of aromatic nitrogens is 2. The van der Waals surface area contributed by atoms with Gasteiger partial charge in [-0.25, -0.2) is 4.09 Å². The summed E-state index contributed by atoms with van der Waals surface area (Å²) in [5, 5.41) is 26.2. The third kappa shape index (κ3) is 6.60. The summed E-state index contributed by atoms with van der Waals surface area (Å²) in [6.07, 6.45) is 5.67. The van der Waals surface area contributed by atoms with Crippen LogP contribution in [0.2, 0.25) is 0 Å². The maximum absolute atomic E-state index is 13.2. The van der Waals surface area contributed by atoms with E-state index in [0.29, 0.717) is 6.42 Å². The van der Waals surface area contributed by atoms with Crippen molar-refractivity contribution in [1.82, 2.24) is 9.19 Å². The van der Waals surface area contributed by atoms with Gasteiger partial charge in [-0.3, -0.25) is 9.59 Å². The number of aliphatic hydroxyl groups excluding tert-OH is 2. The van der Waals surface area contributed by atoms with Crippen molar-refractivity contribution in [3.8, 4) is 0 Å². The predicted molar refractivity (Wildman–Crippen MR) is 140 cm³/mol. The van der Waals surface area contributed by atoms with Crippen LogP contribution in [0, 0.1) is 17.3 Å². The number of Topliss-reactive ketones (excluding diaryl/α,β-unsaturated/α-hetero) is 1. The second kappa shape index (κ2) is 11.4. The summed E-state index contributed by atoms with van der Waals surface area (Å²) < 4.78 is 13.7. The number of nitrogens with zero attached hydrogens (tertiary/aromatic N) is 2. The summed E-state index contributed by atoms with van der Waals surface area (Å²) in [6, 6.07) is 1.89. The van der Waals surface area contributed by atoms with Crippen LogP contribution in [0.4, 0.5) is 0 Å². The molecule has 0 aliphatic carbocycles. The van der Waals surface area contributed by atoms with Crippen molar-refractivity contribution in [2.45, 2.75) is 104 Å². The fourth-order valence-corrected chi connectivity index (χ4v) is 5.48. The highest BCUT2D eigenvalue weighted by Crippen LogP contribution is 2.45. The molecule has 1 aromatic heterocycles. The minimum absolute atomic E-state index is 0.0580. The number of hydrogen-bond donors (Lipinski definition) is 2. The van der Waals surface area contributed by atoms with E-state index < -0.39 is 35.6 Å². The van der Waals surface area contributed by atoms with Crippen molar-refractivity contribution in [3.63, 3.8) is 0 Å². The normalized spacial score (nSPS) is 36.8. The zero-order valence-corrected chi connectivity index (χ0v) is 23.4. The number of epoxide rings is 1. The van der Waals surface area contributed by atoms with E-state index in [1.165, 1.54) is 11.9 Å². The first kappa shape index (κ1) is 28.9. The molecule has 8 nitrogen and oxygen atoms in total. The lowest BCUT2D eigenvalue weighted by Gasteiger charge is -2.34. The second-order valence-corrected chi connectivity index (χ2v) is 12.0. The lowest BCUT2D eigenvalue weighted by molar-refractivity contribution is -0.154. The first-order chi connectivity index (χ1) is 16.8. The molecule has 0 aromatic carbocycles. The Bertz CT molecular complexity index is 975. The number of rotatable bonds is 3. The Hall–Kier alpha value is -1.68. The third-order valence-electron chi connectivity index (χ3n) is 8.06. The van der Waals surface area contributed by atoms with Gasteiger partial charge < -0.3 is 19.7 Å². The van der Waals surface area contributed by atoms with Gasteiger partial charge in [0.05, 0.1) is 41.4 Å². The number of hydrogen-bond acceptors (Lipinski definition) is 8. The maximum atomic E-state index is 13.2. The van der Waals surface area contributed by atoms with E-state index in [0.717, 1.165) is 30.5 Å². The summed E-state index contributed by atoms with van der Waals surface area (Å²) in [5.41, 5.74) is 0.0804. The van der Waals surface area contributed by atoms with E-state index in [9.17, 15) is 19.8 Å². The number of ketones is 1. The van der Waals surface area contributed by atoms with Crippen LogP contribution in [0.25, 0.3) is 6.08 Å². The second-order valence-electron chi connectivity index (χ2n) is 11.3. The number of esters is 1. The van der Waals surface area contributed by atoms with E-state index in [-0.39, 0.29) is 29.8 Å². The minimum atomic E-state index is -1.24. The average molecular weight is 523 g/mol. The van der Waals surface area contributed by atoms with Gasteiger partial charge in [-0.15, -0.1) is 0 Å². The van der Waals surface area contributed by atoms with Crippen molar-refractivity contribution in [2.75, 3.05) is 6.26 Å². The Kier molecular flexibility index (Phi) is 9.13. The summed E-state index contributed by atoms with van der Waals surface area (Å²) >= 11 is 1.48. The van der Waals surface area contributed by atoms with E-state index in [2.05, 4.69) is 12.0 Å². The van der Waals surface area contributed by atoms with E-state index in [1.807, 2.05) is 38.4 Å². The topological polar surface area (TPSA) is 114 Å². The number of ether oxygens (including phenoxy) is 2. The number of carbonyl (C=O) groups is 2. The molecule has 3 rings (SSSR count). The van der Waals surface area contributed by atoms with E-state index in [1.54, 1.807) is 24.9 Å². The summed E-state index contributed by atoms with van der Waals surface area (Å²) in [6.45, 7) is 10.9. The Morgan fingerprint density at radius 1 is 1.25 bits per heavy atom. The van der Waals surface area contributed by atoms with Gasteiger partial charge in [-0.05, 0) is 62.3 Å². The van der Waals surface area contributed by atoms with Crippen LogP contribution < -0.4 is 0 Å². The first-order valence-corrected chi connectivity index (χ1v) is 14.0. The third-order valence-corrected chi connectivity index (χ3v) is 8.64. The zero-order valence-electron chi connectivity index (χ0n) is 22.6. The van der Waals surface area contributed by atoms with Crippen LogP contribution in [-0.2, 0) is 19.1 Å². The van der Waals surface area contributed by atoms with Crippen LogP contribution >= 0.6 is 11.9 Å². The predicted octanol–water partition coefficient (Wildman–Crippen LogP) is 4.04. The molecular formula is C27H42N2O6S. The van der Waals surface area contributed by atoms with Gasteiger partial charge in [0.2, 0.25) is 0 Å². The number of carbonyl (C=O) groups excluding carboxylic acids is 2. The minimum Gasteiger partial charge on any atom is -0.458 e. The Morgan fingerprint density at radius 3 is 2.58 bits per heavy atom. The van der Waals surface area contributed by atoms with Crippen LogP contribution in [0.15, 0.2) is 17.8 Å². The summed E-state index contributed by atoms with van der Waals surface area (Å²) in [7, 11) is 0. The highest BCUT2D eigenvalue weighted by atomic mass is 32.2. The van der Waals surface area contributed by atoms with Crippen molar-refractivity contribution >= 4 is 29.8 Å². The molecule has 0 radical (unpaired) electrons. The Balaban J connectivity index is 1.85. The molecule has 202 valence electrons. The molecule has 1 aromatic rings. The number of fused-ring (bicyclic) bond motifs is 1. The molecule has 0 saturated carbocycles. The smallest absolute Gasteiger partial charge is 0.309 e. The number of cyclic esters (lactones) is 1. The van der Waals surface area contributed by atoms with Gasteiger partial charge in [-0.2, -0.15) is 5.10 Å². The zero-order chi connectivity index (χ0) is 26.8. The molecule has 3 heterocycles. The van der Waals surface area contributed by atoms with Crippen molar-refractivity contribution in [3.05, 3.63) is 23.5 Å². The van der Waals surface area contributed by atoms with Crippen molar-refractivity contribution in [1.29, 1.82) is 0 Å². The molecule has 2 aliphatic rings. The summed E-state index contributed by atoms with van der Waals surface area (Å²) in [5.74, 6) is -1.57. The molecule has 0 bridgehead atoms.